The van der Waals surface area contributed by atoms with Gasteiger partial charge in [0.25, 0.3) is 0 Å². The van der Waals surface area contributed by atoms with Gasteiger partial charge in [0.1, 0.15) is 0 Å². The van der Waals surface area contributed by atoms with E-state index >= 15 is 0 Å². The molecule has 88 valence electrons. The Labute approximate surface area is 91.3 Å². The first-order chi connectivity index (χ1) is 7.18. The van der Waals surface area contributed by atoms with Crippen LogP contribution in [0, 0.1) is 5.92 Å². The number of hydrogen-bond donors (Lipinski definition) is 1. The second-order valence-corrected chi connectivity index (χ2v) is 4.30. The normalized spacial score (nSPS) is 21.7. The SMILES string of the molecule is CC(C)CCOC(=O)CC1CNCCO1. The zero-order chi connectivity index (χ0) is 11.1. The van der Waals surface area contributed by atoms with Gasteiger partial charge in [-0.15, -0.1) is 0 Å². The largest absolute Gasteiger partial charge is 0.466 e. The minimum atomic E-state index is -0.149. The zero-order valence-corrected chi connectivity index (χ0v) is 9.62. The molecule has 1 heterocycles. The Morgan fingerprint density at radius 2 is 2.40 bits per heavy atom. The van der Waals surface area contributed by atoms with Gasteiger partial charge in [-0.2, -0.15) is 0 Å². The van der Waals surface area contributed by atoms with Crippen molar-refractivity contribution in [2.24, 2.45) is 5.92 Å². The van der Waals surface area contributed by atoms with E-state index in [9.17, 15) is 4.79 Å². The second kappa shape index (κ2) is 6.80. The van der Waals surface area contributed by atoms with E-state index in [-0.39, 0.29) is 12.1 Å². The molecule has 1 aliphatic heterocycles. The molecule has 0 saturated carbocycles. The van der Waals surface area contributed by atoms with Crippen LogP contribution in [0.1, 0.15) is 26.7 Å². The van der Waals surface area contributed by atoms with Crippen molar-refractivity contribution in [2.45, 2.75) is 32.8 Å². The maximum Gasteiger partial charge on any atom is 0.308 e. The standard InChI is InChI=1S/C11H21NO3/c1-9(2)3-5-15-11(13)7-10-8-12-4-6-14-10/h9-10,12H,3-8H2,1-2H3. The van der Waals surface area contributed by atoms with Gasteiger partial charge in [-0.1, -0.05) is 13.8 Å². The van der Waals surface area contributed by atoms with Gasteiger partial charge in [0, 0.05) is 13.1 Å². The molecule has 4 nitrogen and oxygen atoms in total. The average Bonchev–Trinajstić information content (AvgIpc) is 2.18. The van der Waals surface area contributed by atoms with Crippen LogP contribution in [0.5, 0.6) is 0 Å². The average molecular weight is 215 g/mol. The molecule has 0 aromatic heterocycles. The minimum absolute atomic E-state index is 0.00898. The van der Waals surface area contributed by atoms with Crippen LogP contribution in [0.2, 0.25) is 0 Å². The molecule has 1 atom stereocenters. The van der Waals surface area contributed by atoms with Gasteiger partial charge in [0.15, 0.2) is 0 Å². The number of ether oxygens (including phenoxy) is 2. The van der Waals surface area contributed by atoms with Gasteiger partial charge in [0.2, 0.25) is 0 Å². The van der Waals surface area contributed by atoms with E-state index in [4.69, 9.17) is 9.47 Å². The predicted molar refractivity (Wildman–Crippen MR) is 57.6 cm³/mol. The van der Waals surface area contributed by atoms with Crippen molar-refractivity contribution in [2.75, 3.05) is 26.3 Å². The number of nitrogens with one attached hydrogen (secondary N) is 1. The monoisotopic (exact) mass is 215 g/mol. The van der Waals surface area contributed by atoms with Gasteiger partial charge in [-0.25, -0.2) is 0 Å². The van der Waals surface area contributed by atoms with Crippen molar-refractivity contribution in [3.63, 3.8) is 0 Å². The summed E-state index contributed by atoms with van der Waals surface area (Å²) < 4.78 is 10.5. The molecule has 1 unspecified atom stereocenters. The summed E-state index contributed by atoms with van der Waals surface area (Å²) in [5.41, 5.74) is 0. The first-order valence-corrected chi connectivity index (χ1v) is 5.66. The van der Waals surface area contributed by atoms with E-state index in [1.54, 1.807) is 0 Å². The lowest BCUT2D eigenvalue weighted by atomic mass is 10.1. The molecule has 0 spiro atoms. The van der Waals surface area contributed by atoms with Crippen LogP contribution < -0.4 is 5.32 Å². The van der Waals surface area contributed by atoms with Crippen molar-refractivity contribution < 1.29 is 14.3 Å². The molecule has 1 saturated heterocycles. The summed E-state index contributed by atoms with van der Waals surface area (Å²) >= 11 is 0. The van der Waals surface area contributed by atoms with Gasteiger partial charge in [-0.3, -0.25) is 4.79 Å². The van der Waals surface area contributed by atoms with Crippen molar-refractivity contribution >= 4 is 5.97 Å². The molecule has 1 aliphatic rings. The lowest BCUT2D eigenvalue weighted by Gasteiger charge is -2.22. The molecule has 0 radical (unpaired) electrons. The van der Waals surface area contributed by atoms with Crippen LogP contribution in [0.3, 0.4) is 0 Å². The predicted octanol–water partition coefficient (Wildman–Crippen LogP) is 0.954. The summed E-state index contributed by atoms with van der Waals surface area (Å²) in [4.78, 5) is 11.4. The maximum absolute atomic E-state index is 11.4. The summed E-state index contributed by atoms with van der Waals surface area (Å²) in [5, 5.41) is 3.18. The zero-order valence-electron chi connectivity index (χ0n) is 9.62. The molecule has 4 heteroatoms. The van der Waals surface area contributed by atoms with E-state index in [2.05, 4.69) is 19.2 Å². The second-order valence-electron chi connectivity index (χ2n) is 4.30. The number of esters is 1. The number of rotatable bonds is 5. The third-order valence-corrected chi connectivity index (χ3v) is 2.36. The Morgan fingerprint density at radius 1 is 1.60 bits per heavy atom. The summed E-state index contributed by atoms with van der Waals surface area (Å²) in [5.74, 6) is 0.426. The molecular weight excluding hydrogens is 194 g/mol. The van der Waals surface area contributed by atoms with Crippen LogP contribution >= 0.6 is 0 Å². The molecule has 1 fully saturated rings. The molecule has 0 aromatic carbocycles. The molecule has 1 rings (SSSR count). The molecule has 0 aliphatic carbocycles. The molecule has 15 heavy (non-hydrogen) atoms. The first kappa shape index (κ1) is 12.5. The minimum Gasteiger partial charge on any atom is -0.466 e. The highest BCUT2D eigenvalue weighted by Crippen LogP contribution is 2.04. The molecule has 1 N–H and O–H groups in total. The van der Waals surface area contributed by atoms with E-state index < -0.39 is 0 Å². The third kappa shape index (κ3) is 5.74. The lowest BCUT2D eigenvalue weighted by molar-refractivity contribution is -0.147. The Kier molecular flexibility index (Phi) is 5.65. The summed E-state index contributed by atoms with van der Waals surface area (Å²) in [6, 6.07) is 0. The Bertz CT molecular complexity index is 188. The summed E-state index contributed by atoms with van der Waals surface area (Å²) in [7, 11) is 0. The van der Waals surface area contributed by atoms with Crippen LogP contribution in [0.25, 0.3) is 0 Å². The number of hydrogen-bond acceptors (Lipinski definition) is 4. The number of carbonyl (C=O) groups is 1. The summed E-state index contributed by atoms with van der Waals surface area (Å²) in [6.07, 6.45) is 1.28. The Morgan fingerprint density at radius 3 is 3.00 bits per heavy atom. The van der Waals surface area contributed by atoms with E-state index in [0.29, 0.717) is 25.6 Å². The van der Waals surface area contributed by atoms with Gasteiger partial charge in [0.05, 0.1) is 25.7 Å². The van der Waals surface area contributed by atoms with Crippen LogP contribution in [-0.2, 0) is 14.3 Å². The highest BCUT2D eigenvalue weighted by molar-refractivity contribution is 5.70. The Hall–Kier alpha value is -0.610. The van der Waals surface area contributed by atoms with E-state index in [1.807, 2.05) is 0 Å². The van der Waals surface area contributed by atoms with Crippen LogP contribution in [0.15, 0.2) is 0 Å². The highest BCUT2D eigenvalue weighted by atomic mass is 16.5. The number of carbonyl (C=O) groups excluding carboxylic acids is 1. The van der Waals surface area contributed by atoms with E-state index in [1.165, 1.54) is 0 Å². The fraction of sp³-hybridized carbons (Fsp3) is 0.909. The van der Waals surface area contributed by atoms with E-state index in [0.717, 1.165) is 19.5 Å². The van der Waals surface area contributed by atoms with Gasteiger partial charge >= 0.3 is 5.97 Å². The van der Waals surface area contributed by atoms with Gasteiger partial charge < -0.3 is 14.8 Å². The van der Waals surface area contributed by atoms with Crippen molar-refractivity contribution in [1.82, 2.24) is 5.32 Å². The molecule has 0 aromatic rings. The fourth-order valence-corrected chi connectivity index (χ4v) is 1.40. The Balaban J connectivity index is 2.06. The molecular formula is C11H21NO3. The van der Waals surface area contributed by atoms with Crippen molar-refractivity contribution in [3.8, 4) is 0 Å². The molecule has 0 amide bonds. The quantitative estimate of drug-likeness (QED) is 0.694. The van der Waals surface area contributed by atoms with Crippen LogP contribution in [-0.4, -0.2) is 38.4 Å². The van der Waals surface area contributed by atoms with Crippen molar-refractivity contribution in [1.29, 1.82) is 0 Å². The third-order valence-electron chi connectivity index (χ3n) is 2.36. The molecule has 0 bridgehead atoms. The lowest BCUT2D eigenvalue weighted by Crippen LogP contribution is -2.39. The number of morpholine rings is 1. The van der Waals surface area contributed by atoms with Crippen LogP contribution in [0.4, 0.5) is 0 Å². The first-order valence-electron chi connectivity index (χ1n) is 5.66. The highest BCUT2D eigenvalue weighted by Gasteiger charge is 2.17. The topological polar surface area (TPSA) is 47.6 Å². The fourth-order valence-electron chi connectivity index (χ4n) is 1.40. The van der Waals surface area contributed by atoms with Gasteiger partial charge in [-0.05, 0) is 12.3 Å². The smallest absolute Gasteiger partial charge is 0.308 e. The summed E-state index contributed by atoms with van der Waals surface area (Å²) in [6.45, 7) is 7.06. The maximum atomic E-state index is 11.4. The van der Waals surface area contributed by atoms with Crippen molar-refractivity contribution in [3.05, 3.63) is 0 Å².